The lowest BCUT2D eigenvalue weighted by Crippen LogP contribution is -2.56. The smallest absolute Gasteiger partial charge is 0.401 e. The van der Waals surface area contributed by atoms with Crippen LogP contribution in [0.15, 0.2) is 30.3 Å². The molecule has 0 saturated heterocycles. The maximum absolute atomic E-state index is 12.5. The van der Waals surface area contributed by atoms with Gasteiger partial charge in [-0.25, -0.2) is 4.79 Å². The Kier molecular flexibility index (Phi) is 5.16. The minimum absolute atomic E-state index is 0.417. The summed E-state index contributed by atoms with van der Waals surface area (Å²) in [6, 6.07) is 8.30. The van der Waals surface area contributed by atoms with Crippen LogP contribution in [0.25, 0.3) is 0 Å². The first-order chi connectivity index (χ1) is 9.24. The molecule has 3 nitrogen and oxygen atoms in total. The van der Waals surface area contributed by atoms with Gasteiger partial charge in [0, 0.05) is 0 Å². The van der Waals surface area contributed by atoms with Gasteiger partial charge >= 0.3 is 12.1 Å². The Morgan fingerprint density at radius 1 is 1.25 bits per heavy atom. The number of alkyl halides is 3. The van der Waals surface area contributed by atoms with Crippen LogP contribution < -0.4 is 5.32 Å². The van der Waals surface area contributed by atoms with Crippen molar-refractivity contribution in [3.05, 3.63) is 35.9 Å². The van der Waals surface area contributed by atoms with Crippen molar-refractivity contribution in [3.63, 3.8) is 0 Å². The summed E-state index contributed by atoms with van der Waals surface area (Å²) in [7, 11) is 1.16. The zero-order valence-corrected chi connectivity index (χ0v) is 11.6. The van der Waals surface area contributed by atoms with E-state index in [0.717, 1.165) is 7.11 Å². The van der Waals surface area contributed by atoms with Gasteiger partial charge in [0.05, 0.1) is 13.7 Å². The molecule has 1 aromatic rings. The molecular weight excluding hydrogens is 271 g/mol. The lowest BCUT2D eigenvalue weighted by atomic mass is 9.79. The summed E-state index contributed by atoms with van der Waals surface area (Å²) in [6.07, 6.45) is -4.41. The molecule has 1 unspecified atom stereocenters. The quantitative estimate of drug-likeness (QED) is 0.847. The van der Waals surface area contributed by atoms with Crippen LogP contribution in [0.2, 0.25) is 0 Å². The average Bonchev–Trinajstić information content (AvgIpc) is 2.38. The molecule has 0 aliphatic rings. The number of nitrogens with one attached hydrogen (secondary N) is 1. The van der Waals surface area contributed by atoms with Gasteiger partial charge in [-0.05, 0) is 11.5 Å². The van der Waals surface area contributed by atoms with E-state index in [-0.39, 0.29) is 0 Å². The molecule has 0 saturated carbocycles. The van der Waals surface area contributed by atoms with Gasteiger partial charge < -0.3 is 4.74 Å². The van der Waals surface area contributed by atoms with Crippen molar-refractivity contribution in [2.24, 2.45) is 5.92 Å². The van der Waals surface area contributed by atoms with E-state index in [1.165, 1.54) is 0 Å². The highest BCUT2D eigenvalue weighted by atomic mass is 19.4. The van der Waals surface area contributed by atoms with Crippen LogP contribution in [0.1, 0.15) is 19.4 Å². The molecule has 0 heterocycles. The first kappa shape index (κ1) is 16.5. The minimum Gasteiger partial charge on any atom is -0.467 e. The summed E-state index contributed by atoms with van der Waals surface area (Å²) in [5.74, 6) is -1.15. The number of methoxy groups -OCH3 is 1. The van der Waals surface area contributed by atoms with E-state index in [1.54, 1.807) is 44.2 Å². The van der Waals surface area contributed by atoms with Crippen molar-refractivity contribution in [3.8, 4) is 0 Å². The van der Waals surface area contributed by atoms with E-state index in [0.29, 0.717) is 5.56 Å². The van der Waals surface area contributed by atoms with E-state index >= 15 is 0 Å². The number of ether oxygens (including phenoxy) is 1. The third-order valence-corrected chi connectivity index (χ3v) is 3.17. The highest BCUT2D eigenvalue weighted by Crippen LogP contribution is 2.32. The molecular formula is C14H18F3NO2. The van der Waals surface area contributed by atoms with Crippen LogP contribution in [0.3, 0.4) is 0 Å². The molecule has 0 spiro atoms. The van der Waals surface area contributed by atoms with E-state index < -0.39 is 30.1 Å². The van der Waals surface area contributed by atoms with Gasteiger partial charge in [-0.3, -0.25) is 5.32 Å². The highest BCUT2D eigenvalue weighted by molar-refractivity contribution is 5.83. The molecule has 0 aromatic heterocycles. The number of hydrogen-bond donors (Lipinski definition) is 1. The number of carbonyl (C=O) groups excluding carboxylic acids is 1. The molecule has 20 heavy (non-hydrogen) atoms. The van der Waals surface area contributed by atoms with Crippen molar-refractivity contribution in [1.82, 2.24) is 5.32 Å². The summed E-state index contributed by atoms with van der Waals surface area (Å²) >= 11 is 0. The number of hydrogen-bond acceptors (Lipinski definition) is 3. The number of benzene rings is 1. The zero-order valence-electron chi connectivity index (χ0n) is 11.6. The lowest BCUT2D eigenvalue weighted by molar-refractivity contribution is -0.157. The molecule has 6 heteroatoms. The maximum Gasteiger partial charge on any atom is 0.401 e. The third-order valence-electron chi connectivity index (χ3n) is 3.17. The summed E-state index contributed by atoms with van der Waals surface area (Å²) in [6.45, 7) is 2.08. The predicted octanol–water partition coefficient (Wildman–Crippen LogP) is 2.86. The second kappa shape index (κ2) is 6.26. The number of esters is 1. The van der Waals surface area contributed by atoms with Crippen LogP contribution in [0.5, 0.6) is 0 Å². The third kappa shape index (κ3) is 3.50. The maximum atomic E-state index is 12.5. The number of carbonyl (C=O) groups is 1. The minimum atomic E-state index is -4.41. The molecule has 1 N–H and O–H groups in total. The number of rotatable bonds is 5. The lowest BCUT2D eigenvalue weighted by Gasteiger charge is -2.36. The standard InChI is InChI=1S/C14H18F3NO2/c1-10(2)14(12(19)20-3,18-9-13(15,16)17)11-7-5-4-6-8-11/h4-8,10,18H,9H2,1-3H3. The van der Waals surface area contributed by atoms with Crippen LogP contribution >= 0.6 is 0 Å². The highest BCUT2D eigenvalue weighted by Gasteiger charge is 2.46. The predicted molar refractivity (Wildman–Crippen MR) is 69.0 cm³/mol. The number of halogens is 3. The molecule has 0 bridgehead atoms. The fourth-order valence-electron chi connectivity index (χ4n) is 2.17. The topological polar surface area (TPSA) is 38.3 Å². The van der Waals surface area contributed by atoms with Gasteiger partial charge in [0.25, 0.3) is 0 Å². The second-order valence-corrected chi connectivity index (χ2v) is 4.79. The van der Waals surface area contributed by atoms with E-state index in [1.807, 2.05) is 0 Å². The largest absolute Gasteiger partial charge is 0.467 e. The molecule has 112 valence electrons. The first-order valence-corrected chi connectivity index (χ1v) is 6.19. The fourth-order valence-corrected chi connectivity index (χ4v) is 2.17. The van der Waals surface area contributed by atoms with E-state index in [9.17, 15) is 18.0 Å². The van der Waals surface area contributed by atoms with E-state index in [2.05, 4.69) is 5.32 Å². The van der Waals surface area contributed by atoms with Gasteiger partial charge in [-0.1, -0.05) is 44.2 Å². The Labute approximate surface area is 116 Å². The summed E-state index contributed by atoms with van der Waals surface area (Å²) in [4.78, 5) is 12.1. The molecule has 1 atom stereocenters. The Bertz CT molecular complexity index is 445. The van der Waals surface area contributed by atoms with Crippen LogP contribution in [-0.2, 0) is 15.1 Å². The monoisotopic (exact) mass is 289 g/mol. The molecule has 1 aromatic carbocycles. The Morgan fingerprint density at radius 2 is 1.80 bits per heavy atom. The van der Waals surface area contributed by atoms with Gasteiger partial charge in [-0.2, -0.15) is 13.2 Å². The van der Waals surface area contributed by atoms with Crippen LogP contribution in [0.4, 0.5) is 13.2 Å². The van der Waals surface area contributed by atoms with Crippen molar-refractivity contribution < 1.29 is 22.7 Å². The first-order valence-electron chi connectivity index (χ1n) is 6.19. The summed E-state index contributed by atoms with van der Waals surface area (Å²) < 4.78 is 42.3. The fraction of sp³-hybridized carbons (Fsp3) is 0.500. The van der Waals surface area contributed by atoms with Crippen LogP contribution in [-0.4, -0.2) is 25.8 Å². The van der Waals surface area contributed by atoms with Gasteiger partial charge in [0.15, 0.2) is 0 Å². The second-order valence-electron chi connectivity index (χ2n) is 4.79. The molecule has 0 fully saturated rings. The van der Waals surface area contributed by atoms with Gasteiger partial charge in [0.2, 0.25) is 0 Å². The average molecular weight is 289 g/mol. The normalized spacial score (nSPS) is 14.9. The van der Waals surface area contributed by atoms with Crippen LogP contribution in [0, 0.1) is 5.92 Å². The Balaban J connectivity index is 3.26. The Morgan fingerprint density at radius 3 is 2.20 bits per heavy atom. The molecule has 0 aliphatic heterocycles. The SMILES string of the molecule is COC(=O)C(NCC(F)(F)F)(c1ccccc1)C(C)C. The van der Waals surface area contributed by atoms with Gasteiger partial charge in [0.1, 0.15) is 5.54 Å². The zero-order chi connectivity index (χ0) is 15.4. The molecule has 0 amide bonds. The summed E-state index contributed by atoms with van der Waals surface area (Å²) in [5.41, 5.74) is -1.07. The van der Waals surface area contributed by atoms with Crippen molar-refractivity contribution >= 4 is 5.97 Å². The molecule has 1 rings (SSSR count). The molecule has 0 radical (unpaired) electrons. The van der Waals surface area contributed by atoms with Crippen molar-refractivity contribution in [1.29, 1.82) is 0 Å². The van der Waals surface area contributed by atoms with E-state index in [4.69, 9.17) is 4.74 Å². The van der Waals surface area contributed by atoms with Crippen molar-refractivity contribution in [2.75, 3.05) is 13.7 Å². The van der Waals surface area contributed by atoms with Crippen molar-refractivity contribution in [2.45, 2.75) is 25.6 Å². The Hall–Kier alpha value is -1.56. The van der Waals surface area contributed by atoms with Gasteiger partial charge in [-0.15, -0.1) is 0 Å². The summed E-state index contributed by atoms with van der Waals surface area (Å²) in [5, 5.41) is 2.34. The molecule has 0 aliphatic carbocycles.